The van der Waals surface area contributed by atoms with Gasteiger partial charge in [0.2, 0.25) is 0 Å². The van der Waals surface area contributed by atoms with Crippen molar-refractivity contribution in [3.63, 3.8) is 0 Å². The Labute approximate surface area is 210 Å². The summed E-state index contributed by atoms with van der Waals surface area (Å²) in [6.45, 7) is 9.02. The molecule has 0 unspecified atom stereocenters. The normalized spacial score (nSPS) is 11.3. The number of nitrogens with zero attached hydrogens (tertiary/aromatic N) is 1. The van der Waals surface area contributed by atoms with Gasteiger partial charge in [0.05, 0.1) is 41.3 Å². The van der Waals surface area contributed by atoms with Crippen molar-refractivity contribution in [2.45, 2.75) is 78.1 Å². The van der Waals surface area contributed by atoms with Gasteiger partial charge in [0.25, 0.3) is 0 Å². The van der Waals surface area contributed by atoms with Crippen molar-refractivity contribution in [1.29, 1.82) is 0 Å². The molecular weight excluding hydrogens is 443 g/mol. The number of carbonyl (C=O) groups excluding carboxylic acids is 1. The van der Waals surface area contributed by atoms with Gasteiger partial charge in [-0.3, -0.25) is 0 Å². The molecule has 0 aromatic heterocycles. The summed E-state index contributed by atoms with van der Waals surface area (Å²) in [5.74, 6) is 0.930. The third kappa shape index (κ3) is 15.1. The lowest BCUT2D eigenvalue weighted by atomic mass is 10.0. The predicted molar refractivity (Wildman–Crippen MR) is 127 cm³/mol. The third-order valence-electron chi connectivity index (χ3n) is 5.76. The van der Waals surface area contributed by atoms with Gasteiger partial charge in [-0.25, -0.2) is 4.79 Å². The monoisotopic (exact) mass is 490 g/mol. The van der Waals surface area contributed by atoms with Crippen molar-refractivity contribution in [3.05, 3.63) is 29.3 Å². The molecule has 4 nitrogen and oxygen atoms in total. The molecule has 0 aliphatic carbocycles. The zero-order chi connectivity index (χ0) is 22.6. The quantitative estimate of drug-likeness (QED) is 0.138. The fourth-order valence-corrected chi connectivity index (χ4v) is 3.87. The van der Waals surface area contributed by atoms with Gasteiger partial charge in [-0.05, 0) is 55.7 Å². The molecular formula is C26H48Cl2N2O2. The van der Waals surface area contributed by atoms with Crippen LogP contribution in [0.2, 0.25) is 0 Å². The second kappa shape index (κ2) is 17.6. The van der Waals surface area contributed by atoms with Crippen molar-refractivity contribution in [1.82, 2.24) is 0 Å². The van der Waals surface area contributed by atoms with E-state index in [1.54, 1.807) is 4.90 Å². The van der Waals surface area contributed by atoms with Crippen LogP contribution in [0.5, 0.6) is 5.75 Å². The van der Waals surface area contributed by atoms with Crippen LogP contribution in [0.1, 0.15) is 82.3 Å². The molecule has 0 aliphatic heterocycles. The van der Waals surface area contributed by atoms with E-state index in [0.717, 1.165) is 23.4 Å². The summed E-state index contributed by atoms with van der Waals surface area (Å²) in [6, 6.07) is 6.14. The number of nitrogens with one attached hydrogen (secondary N) is 1. The van der Waals surface area contributed by atoms with Crippen LogP contribution in [0, 0.1) is 6.92 Å². The fraction of sp³-hybridized carbons (Fsp3) is 0.731. The van der Waals surface area contributed by atoms with E-state index < -0.39 is 0 Å². The first-order valence-electron chi connectivity index (χ1n) is 12.0. The lowest BCUT2D eigenvalue weighted by molar-refractivity contribution is -0.883. The van der Waals surface area contributed by atoms with Crippen LogP contribution in [0.15, 0.2) is 18.2 Å². The predicted octanol–water partition coefficient (Wildman–Crippen LogP) is -1.63. The minimum absolute atomic E-state index is 0. The maximum Gasteiger partial charge on any atom is 0.367 e. The molecule has 1 aromatic carbocycles. The average molecular weight is 492 g/mol. The maximum absolute atomic E-state index is 12.6. The molecule has 188 valence electrons. The van der Waals surface area contributed by atoms with Gasteiger partial charge in [-0.1, -0.05) is 51.7 Å². The molecule has 6 heteroatoms. The van der Waals surface area contributed by atoms with Crippen LogP contribution >= 0.6 is 0 Å². The van der Waals surface area contributed by atoms with Crippen molar-refractivity contribution in [3.8, 4) is 5.75 Å². The molecule has 0 heterocycles. The number of ether oxygens (including phenoxy) is 1. The summed E-state index contributed by atoms with van der Waals surface area (Å²) in [6.07, 6.45) is 10.5. The Balaban J connectivity index is 0. The average Bonchev–Trinajstić information content (AvgIpc) is 2.62. The largest absolute Gasteiger partial charge is 1.00 e. The fourth-order valence-electron chi connectivity index (χ4n) is 3.87. The Morgan fingerprint density at radius 3 is 2.00 bits per heavy atom. The number of esters is 1. The number of hydrogen-bond acceptors (Lipinski definition) is 2. The molecule has 0 spiro atoms. The van der Waals surface area contributed by atoms with Gasteiger partial charge in [-0.15, -0.1) is 0 Å². The van der Waals surface area contributed by atoms with Gasteiger partial charge in [0.15, 0.2) is 6.54 Å². The van der Waals surface area contributed by atoms with Crippen LogP contribution in [0.25, 0.3) is 0 Å². The standard InChI is InChI=1S/C26H47N2O2.2ClH/c1-22(2)24-17-16-23(3)20-25(24)30-26(29)21-28(6,7)19-15-13-11-9-8-10-12-14-18-27(4)5;;/h16-17,20,22H,8-15,18-19,21H2,1-7H3;2*1H/q+1;;/p-1. The molecule has 0 saturated carbocycles. The Kier molecular flexibility index (Phi) is 18.4. The highest BCUT2D eigenvalue weighted by Crippen LogP contribution is 2.27. The lowest BCUT2D eigenvalue weighted by Gasteiger charge is -2.28. The van der Waals surface area contributed by atoms with Gasteiger partial charge in [0, 0.05) is 0 Å². The van der Waals surface area contributed by atoms with Gasteiger partial charge in [-0.2, -0.15) is 0 Å². The summed E-state index contributed by atoms with van der Waals surface area (Å²) in [5, 5.41) is 0. The highest BCUT2D eigenvalue weighted by Gasteiger charge is 2.22. The molecule has 0 aliphatic rings. The molecule has 0 amide bonds. The van der Waals surface area contributed by atoms with E-state index in [9.17, 15) is 4.79 Å². The van der Waals surface area contributed by atoms with Gasteiger partial charge < -0.3 is 38.9 Å². The molecule has 1 aromatic rings. The summed E-state index contributed by atoms with van der Waals surface area (Å²) in [4.78, 5) is 14.1. The number of benzene rings is 1. The number of hydrogen-bond donors (Lipinski definition) is 1. The first kappa shape index (κ1) is 33.4. The second-order valence-electron chi connectivity index (χ2n) is 10.3. The second-order valence-corrected chi connectivity index (χ2v) is 10.3. The van der Waals surface area contributed by atoms with E-state index in [2.05, 4.69) is 54.2 Å². The van der Waals surface area contributed by atoms with Crippen LogP contribution in [0.4, 0.5) is 0 Å². The van der Waals surface area contributed by atoms with Crippen molar-refractivity contribution < 1.29 is 43.7 Å². The zero-order valence-corrected chi connectivity index (χ0v) is 23.1. The highest BCUT2D eigenvalue weighted by molar-refractivity contribution is 5.74. The number of quaternary nitrogens is 2. The van der Waals surface area contributed by atoms with E-state index in [1.807, 2.05) is 13.0 Å². The van der Waals surface area contributed by atoms with Crippen LogP contribution in [-0.2, 0) is 4.79 Å². The van der Waals surface area contributed by atoms with Crippen molar-refractivity contribution in [2.24, 2.45) is 0 Å². The third-order valence-corrected chi connectivity index (χ3v) is 5.76. The van der Waals surface area contributed by atoms with E-state index in [-0.39, 0.29) is 30.8 Å². The molecule has 0 atom stereocenters. The minimum Gasteiger partial charge on any atom is -1.00 e. The van der Waals surface area contributed by atoms with Crippen LogP contribution in [-0.4, -0.2) is 58.3 Å². The van der Waals surface area contributed by atoms with Crippen molar-refractivity contribution >= 4 is 5.97 Å². The Morgan fingerprint density at radius 1 is 0.938 bits per heavy atom. The van der Waals surface area contributed by atoms with E-state index in [1.165, 1.54) is 57.9 Å². The summed E-state index contributed by atoms with van der Waals surface area (Å²) in [5.41, 5.74) is 2.22. The van der Waals surface area contributed by atoms with E-state index in [0.29, 0.717) is 16.9 Å². The number of halogens is 2. The number of unbranched alkanes of at least 4 members (excludes halogenated alkanes) is 7. The Morgan fingerprint density at radius 2 is 1.47 bits per heavy atom. The topological polar surface area (TPSA) is 30.7 Å². The molecule has 0 bridgehead atoms. The molecule has 0 saturated heterocycles. The number of carbonyl (C=O) groups is 1. The first-order valence-corrected chi connectivity index (χ1v) is 12.0. The molecule has 0 fully saturated rings. The Hall–Kier alpha value is -0.810. The maximum atomic E-state index is 12.6. The van der Waals surface area contributed by atoms with Crippen LogP contribution in [0.3, 0.4) is 0 Å². The minimum atomic E-state index is -0.132. The summed E-state index contributed by atoms with van der Waals surface area (Å²) in [7, 11) is 8.72. The zero-order valence-electron chi connectivity index (χ0n) is 21.6. The van der Waals surface area contributed by atoms with Gasteiger partial charge >= 0.3 is 5.97 Å². The molecule has 1 rings (SSSR count). The van der Waals surface area contributed by atoms with Crippen molar-refractivity contribution in [2.75, 3.05) is 47.8 Å². The summed E-state index contributed by atoms with van der Waals surface area (Å²) >= 11 is 0. The molecule has 0 radical (unpaired) electrons. The van der Waals surface area contributed by atoms with E-state index in [4.69, 9.17) is 4.74 Å². The number of aryl methyl sites for hydroxylation is 1. The van der Waals surface area contributed by atoms with Gasteiger partial charge in [0.1, 0.15) is 5.75 Å². The Bertz CT molecular complexity index is 634. The molecule has 32 heavy (non-hydrogen) atoms. The smallest absolute Gasteiger partial charge is 0.367 e. The van der Waals surface area contributed by atoms with E-state index >= 15 is 0 Å². The SMILES string of the molecule is Cc1ccc(C(C)C)c(OC(=O)C[N+](C)(C)CCCCCCCCCC[NH+](C)C)c1.[Cl-].[Cl-]. The summed E-state index contributed by atoms with van der Waals surface area (Å²) < 4.78 is 6.46. The lowest BCUT2D eigenvalue weighted by Crippen LogP contribution is -3.05. The van der Waals surface area contributed by atoms with Crippen LogP contribution < -0.4 is 34.5 Å². The first-order chi connectivity index (χ1) is 14.1. The highest BCUT2D eigenvalue weighted by atomic mass is 35.5. The molecule has 1 N–H and O–H groups in total. The number of likely N-dealkylation sites (N-methyl/N-ethyl adjacent to an activating group) is 1. The number of rotatable bonds is 15.